The molecule has 1 aromatic carbocycles. The van der Waals surface area contributed by atoms with E-state index in [4.69, 9.17) is 11.6 Å². The number of thiazole rings is 1. The molecule has 6 heteroatoms. The van der Waals surface area contributed by atoms with Crippen molar-refractivity contribution in [2.75, 3.05) is 18.4 Å². The van der Waals surface area contributed by atoms with Gasteiger partial charge in [-0.2, -0.15) is 0 Å². The van der Waals surface area contributed by atoms with Gasteiger partial charge in [-0.15, -0.1) is 11.3 Å². The van der Waals surface area contributed by atoms with Gasteiger partial charge < -0.3 is 10.6 Å². The molecule has 2 aromatic rings. The van der Waals surface area contributed by atoms with Crippen molar-refractivity contribution in [2.24, 2.45) is 11.8 Å². The highest BCUT2D eigenvalue weighted by atomic mass is 35.5. The van der Waals surface area contributed by atoms with Crippen LogP contribution < -0.4 is 10.6 Å². The molecule has 0 aliphatic carbocycles. The maximum absolute atomic E-state index is 12.2. The fourth-order valence-electron chi connectivity index (χ4n) is 2.37. The average Bonchev–Trinajstić information content (AvgIpc) is 2.86. The summed E-state index contributed by atoms with van der Waals surface area (Å²) in [5.74, 6) is 0.491. The molecule has 1 atom stereocenters. The Morgan fingerprint density at radius 1 is 1.50 bits per heavy atom. The molecule has 1 aliphatic heterocycles. The lowest BCUT2D eigenvalue weighted by Crippen LogP contribution is -2.48. The molecular formula is C16H18ClN3OS. The number of hydrogen-bond acceptors (Lipinski definition) is 4. The number of benzene rings is 1. The first-order valence-electron chi connectivity index (χ1n) is 7.33. The van der Waals surface area contributed by atoms with Gasteiger partial charge in [0.25, 0.3) is 0 Å². The first-order chi connectivity index (χ1) is 10.6. The molecular weight excluding hydrogens is 318 g/mol. The predicted octanol–water partition coefficient (Wildman–Crippen LogP) is 3.18. The number of hydrogen-bond donors (Lipinski definition) is 2. The molecule has 2 heterocycles. The summed E-state index contributed by atoms with van der Waals surface area (Å²) in [6, 6.07) is 7.78. The summed E-state index contributed by atoms with van der Waals surface area (Å²) in [4.78, 5) is 17.6. The standard InChI is InChI=1S/C16H18ClN3OS/c1-10(12-7-18-8-12)15(21)20-16-19-9-13(22-16)6-11-4-2-3-5-14(11)17/h2-5,9-10,12,18H,6-8H2,1H3,(H,19,20,21). The molecule has 0 saturated carbocycles. The lowest BCUT2D eigenvalue weighted by molar-refractivity contribution is -0.121. The molecule has 3 rings (SSSR count). The van der Waals surface area contributed by atoms with E-state index in [1.165, 1.54) is 11.3 Å². The van der Waals surface area contributed by atoms with Gasteiger partial charge in [-0.1, -0.05) is 36.7 Å². The van der Waals surface area contributed by atoms with Crippen LogP contribution in [0.5, 0.6) is 0 Å². The van der Waals surface area contributed by atoms with Crippen LogP contribution >= 0.6 is 22.9 Å². The van der Waals surface area contributed by atoms with Gasteiger partial charge in [-0.05, 0) is 30.6 Å². The third kappa shape index (κ3) is 3.48. The SMILES string of the molecule is CC(C(=O)Nc1ncc(Cc2ccccc2Cl)s1)C1CNC1. The first-order valence-corrected chi connectivity index (χ1v) is 8.52. The van der Waals surface area contributed by atoms with E-state index in [-0.39, 0.29) is 11.8 Å². The summed E-state index contributed by atoms with van der Waals surface area (Å²) < 4.78 is 0. The number of aromatic nitrogens is 1. The van der Waals surface area contributed by atoms with Crippen LogP contribution in [0.1, 0.15) is 17.4 Å². The Morgan fingerprint density at radius 3 is 2.95 bits per heavy atom. The Hall–Kier alpha value is -1.43. The lowest BCUT2D eigenvalue weighted by Gasteiger charge is -2.31. The van der Waals surface area contributed by atoms with E-state index in [9.17, 15) is 4.79 Å². The van der Waals surface area contributed by atoms with Crippen LogP contribution in [0.3, 0.4) is 0 Å². The fourth-order valence-corrected chi connectivity index (χ4v) is 3.42. The molecule has 116 valence electrons. The monoisotopic (exact) mass is 335 g/mol. The number of nitrogens with zero attached hydrogens (tertiary/aromatic N) is 1. The summed E-state index contributed by atoms with van der Waals surface area (Å²) in [7, 11) is 0. The molecule has 1 aliphatic rings. The molecule has 1 amide bonds. The third-order valence-corrected chi connectivity index (χ3v) is 5.32. The third-order valence-electron chi connectivity index (χ3n) is 4.04. The topological polar surface area (TPSA) is 54.0 Å². The molecule has 1 saturated heterocycles. The Bertz CT molecular complexity index is 669. The molecule has 4 nitrogen and oxygen atoms in total. The summed E-state index contributed by atoms with van der Waals surface area (Å²) in [5, 5.41) is 7.53. The number of rotatable bonds is 5. The van der Waals surface area contributed by atoms with Crippen LogP contribution in [0.25, 0.3) is 0 Å². The molecule has 2 N–H and O–H groups in total. The zero-order chi connectivity index (χ0) is 15.5. The molecule has 22 heavy (non-hydrogen) atoms. The zero-order valence-corrected chi connectivity index (χ0v) is 13.9. The summed E-state index contributed by atoms with van der Waals surface area (Å²) >= 11 is 7.67. The molecule has 1 fully saturated rings. The van der Waals surface area contributed by atoms with Gasteiger partial charge >= 0.3 is 0 Å². The van der Waals surface area contributed by atoms with Crippen LogP contribution in [-0.2, 0) is 11.2 Å². The second-order valence-corrected chi connectivity index (χ2v) is 7.12. The fraction of sp³-hybridized carbons (Fsp3) is 0.375. The smallest absolute Gasteiger partial charge is 0.229 e. The quantitative estimate of drug-likeness (QED) is 0.882. The Balaban J connectivity index is 1.61. The summed E-state index contributed by atoms with van der Waals surface area (Å²) in [5.41, 5.74) is 1.07. The van der Waals surface area contributed by atoms with Crippen molar-refractivity contribution in [2.45, 2.75) is 13.3 Å². The van der Waals surface area contributed by atoms with Gasteiger partial charge in [0.1, 0.15) is 0 Å². The minimum atomic E-state index is 0.0113. The number of halogens is 1. The zero-order valence-electron chi connectivity index (χ0n) is 12.3. The van der Waals surface area contributed by atoms with Gasteiger partial charge in [0.2, 0.25) is 5.91 Å². The van der Waals surface area contributed by atoms with Crippen LogP contribution in [0.4, 0.5) is 5.13 Å². The minimum absolute atomic E-state index is 0.0113. The highest BCUT2D eigenvalue weighted by Gasteiger charge is 2.29. The van der Waals surface area contributed by atoms with Gasteiger partial charge in [-0.25, -0.2) is 4.98 Å². The van der Waals surface area contributed by atoms with Crippen molar-refractivity contribution in [1.29, 1.82) is 0 Å². The van der Waals surface area contributed by atoms with Crippen molar-refractivity contribution >= 4 is 34.0 Å². The normalized spacial score (nSPS) is 16.1. The average molecular weight is 336 g/mol. The number of nitrogens with one attached hydrogen (secondary N) is 2. The van der Waals surface area contributed by atoms with Gasteiger partial charge in [0.05, 0.1) is 0 Å². The van der Waals surface area contributed by atoms with Crippen molar-refractivity contribution in [3.63, 3.8) is 0 Å². The van der Waals surface area contributed by atoms with Crippen molar-refractivity contribution in [3.05, 3.63) is 45.9 Å². The van der Waals surface area contributed by atoms with Crippen LogP contribution in [0.2, 0.25) is 5.02 Å². The van der Waals surface area contributed by atoms with E-state index < -0.39 is 0 Å². The Labute approximate surface area is 138 Å². The second-order valence-electron chi connectivity index (χ2n) is 5.60. The first kappa shape index (κ1) is 15.5. The maximum Gasteiger partial charge on any atom is 0.229 e. The molecule has 1 unspecified atom stereocenters. The van der Waals surface area contributed by atoms with Crippen molar-refractivity contribution < 1.29 is 4.79 Å². The Morgan fingerprint density at radius 2 is 2.27 bits per heavy atom. The van der Waals surface area contributed by atoms with Crippen LogP contribution in [0, 0.1) is 11.8 Å². The number of anilines is 1. The van der Waals surface area contributed by atoms with Crippen molar-refractivity contribution in [3.8, 4) is 0 Å². The van der Waals surface area contributed by atoms with E-state index in [1.54, 1.807) is 6.20 Å². The van der Waals surface area contributed by atoms with Gasteiger partial charge in [0, 0.05) is 28.4 Å². The largest absolute Gasteiger partial charge is 0.316 e. The molecule has 0 bridgehead atoms. The van der Waals surface area contributed by atoms with Gasteiger partial charge in [-0.3, -0.25) is 4.79 Å². The Kier molecular flexibility index (Phi) is 4.76. The predicted molar refractivity (Wildman–Crippen MR) is 90.5 cm³/mol. The minimum Gasteiger partial charge on any atom is -0.316 e. The number of carbonyl (C=O) groups excluding carboxylic acids is 1. The van der Waals surface area contributed by atoms with Crippen LogP contribution in [-0.4, -0.2) is 24.0 Å². The van der Waals surface area contributed by atoms with E-state index in [0.717, 1.165) is 35.0 Å². The number of amides is 1. The van der Waals surface area contributed by atoms with E-state index in [2.05, 4.69) is 15.6 Å². The van der Waals surface area contributed by atoms with E-state index >= 15 is 0 Å². The summed E-state index contributed by atoms with van der Waals surface area (Å²) in [6.45, 7) is 3.81. The number of carbonyl (C=O) groups is 1. The second kappa shape index (κ2) is 6.77. The maximum atomic E-state index is 12.2. The highest BCUT2D eigenvalue weighted by molar-refractivity contribution is 7.15. The molecule has 1 aromatic heterocycles. The van der Waals surface area contributed by atoms with Gasteiger partial charge in [0.15, 0.2) is 5.13 Å². The van der Waals surface area contributed by atoms with Crippen molar-refractivity contribution in [1.82, 2.24) is 10.3 Å². The molecule has 0 radical (unpaired) electrons. The van der Waals surface area contributed by atoms with E-state index in [0.29, 0.717) is 11.0 Å². The highest BCUT2D eigenvalue weighted by Crippen LogP contribution is 2.25. The van der Waals surface area contributed by atoms with Crippen LogP contribution in [0.15, 0.2) is 30.5 Å². The lowest BCUT2D eigenvalue weighted by atomic mass is 9.88. The summed E-state index contributed by atoms with van der Waals surface area (Å²) in [6.07, 6.45) is 2.54. The molecule has 0 spiro atoms. The van der Waals surface area contributed by atoms with E-state index in [1.807, 2.05) is 31.2 Å².